The van der Waals surface area contributed by atoms with Gasteiger partial charge in [-0.05, 0) is 30.5 Å². The molecule has 1 N–H and O–H groups in total. The maximum absolute atomic E-state index is 12.6. The Balaban J connectivity index is 1.40. The van der Waals surface area contributed by atoms with Gasteiger partial charge in [0.25, 0.3) is 0 Å². The molecule has 0 atom stereocenters. The van der Waals surface area contributed by atoms with Crippen LogP contribution in [0.5, 0.6) is 0 Å². The number of hydrogen-bond donors (Lipinski definition) is 1. The van der Waals surface area contributed by atoms with Crippen LogP contribution in [0.25, 0.3) is 0 Å². The second kappa shape index (κ2) is 10.1. The SMILES string of the molecule is O=C(NCCSc1ccccc1)C1CCN(S(=O)(=O)Cc2ccccc2)CC1. The molecule has 0 aromatic heterocycles. The standard InChI is InChI=1S/C21H26N2O3S2/c24-21(22-13-16-27-20-9-5-2-6-10-20)19-11-14-23(15-12-19)28(25,26)17-18-7-3-1-4-8-18/h1-10,19H,11-17H2,(H,22,24). The molecule has 0 radical (unpaired) electrons. The summed E-state index contributed by atoms with van der Waals surface area (Å²) in [5.41, 5.74) is 0.790. The molecule has 28 heavy (non-hydrogen) atoms. The van der Waals surface area contributed by atoms with E-state index in [1.54, 1.807) is 11.8 Å². The summed E-state index contributed by atoms with van der Waals surface area (Å²) < 4.78 is 26.7. The van der Waals surface area contributed by atoms with Crippen LogP contribution in [0.3, 0.4) is 0 Å². The smallest absolute Gasteiger partial charge is 0.223 e. The summed E-state index contributed by atoms with van der Waals surface area (Å²) in [4.78, 5) is 13.6. The van der Waals surface area contributed by atoms with E-state index in [1.807, 2.05) is 48.5 Å². The molecule has 2 aromatic rings. The monoisotopic (exact) mass is 418 g/mol. The maximum atomic E-state index is 12.6. The highest BCUT2D eigenvalue weighted by Crippen LogP contribution is 2.22. The molecule has 0 saturated carbocycles. The van der Waals surface area contributed by atoms with Gasteiger partial charge in [-0.2, -0.15) is 0 Å². The minimum Gasteiger partial charge on any atom is -0.355 e. The minimum atomic E-state index is -3.34. The molecule has 0 aliphatic carbocycles. The first kappa shape index (κ1) is 20.9. The summed E-state index contributed by atoms with van der Waals surface area (Å²) in [5, 5.41) is 2.99. The number of nitrogens with one attached hydrogen (secondary N) is 1. The van der Waals surface area contributed by atoms with Gasteiger partial charge in [0.2, 0.25) is 15.9 Å². The Morgan fingerprint density at radius 3 is 2.25 bits per heavy atom. The van der Waals surface area contributed by atoms with E-state index in [0.29, 0.717) is 32.5 Å². The Hall–Kier alpha value is -1.83. The Morgan fingerprint density at radius 2 is 1.61 bits per heavy atom. The summed E-state index contributed by atoms with van der Waals surface area (Å²) >= 11 is 1.71. The fraction of sp³-hybridized carbons (Fsp3) is 0.381. The molecule has 1 aliphatic heterocycles. The highest BCUT2D eigenvalue weighted by atomic mass is 32.2. The topological polar surface area (TPSA) is 66.5 Å². The molecular formula is C21H26N2O3S2. The van der Waals surface area contributed by atoms with Crippen LogP contribution in [0.15, 0.2) is 65.6 Å². The van der Waals surface area contributed by atoms with E-state index in [4.69, 9.17) is 0 Å². The molecule has 1 heterocycles. The zero-order valence-corrected chi connectivity index (χ0v) is 17.4. The molecule has 0 unspecified atom stereocenters. The quantitative estimate of drug-likeness (QED) is 0.528. The van der Waals surface area contributed by atoms with Gasteiger partial charge in [0.15, 0.2) is 0 Å². The molecule has 5 nitrogen and oxygen atoms in total. The van der Waals surface area contributed by atoms with Gasteiger partial charge in [-0.15, -0.1) is 11.8 Å². The molecule has 1 aliphatic rings. The maximum Gasteiger partial charge on any atom is 0.223 e. The first-order valence-corrected chi connectivity index (χ1v) is 12.1. The van der Waals surface area contributed by atoms with Gasteiger partial charge in [0.1, 0.15) is 0 Å². The summed E-state index contributed by atoms with van der Waals surface area (Å²) in [5.74, 6) is 0.764. The molecule has 3 rings (SSSR count). The molecule has 1 saturated heterocycles. The number of piperidine rings is 1. The lowest BCUT2D eigenvalue weighted by Gasteiger charge is -2.30. The van der Waals surface area contributed by atoms with Crippen molar-refractivity contribution in [3.63, 3.8) is 0 Å². The second-order valence-corrected chi connectivity index (χ2v) is 10.0. The van der Waals surface area contributed by atoms with Gasteiger partial charge in [-0.25, -0.2) is 12.7 Å². The van der Waals surface area contributed by atoms with Crippen molar-refractivity contribution >= 4 is 27.7 Å². The number of benzene rings is 2. The van der Waals surface area contributed by atoms with Gasteiger partial charge >= 0.3 is 0 Å². The summed E-state index contributed by atoms with van der Waals surface area (Å²) in [6.45, 7) is 1.43. The van der Waals surface area contributed by atoms with E-state index in [1.165, 1.54) is 9.20 Å². The number of hydrogen-bond acceptors (Lipinski definition) is 4. The number of sulfonamides is 1. The Morgan fingerprint density at radius 1 is 1.00 bits per heavy atom. The summed E-state index contributed by atoms with van der Waals surface area (Å²) in [6, 6.07) is 19.3. The Labute approximate surface area is 171 Å². The third-order valence-corrected chi connectivity index (χ3v) is 7.69. The molecule has 150 valence electrons. The average molecular weight is 419 g/mol. The molecule has 7 heteroatoms. The normalized spacial score (nSPS) is 16.0. The fourth-order valence-electron chi connectivity index (χ4n) is 3.28. The third kappa shape index (κ3) is 6.09. The number of amides is 1. The van der Waals surface area contributed by atoms with Crippen molar-refractivity contribution < 1.29 is 13.2 Å². The van der Waals surface area contributed by atoms with E-state index in [0.717, 1.165) is 11.3 Å². The molecule has 1 fully saturated rings. The van der Waals surface area contributed by atoms with E-state index < -0.39 is 10.0 Å². The summed E-state index contributed by atoms with van der Waals surface area (Å²) in [6.07, 6.45) is 1.15. The van der Waals surface area contributed by atoms with Crippen LogP contribution >= 0.6 is 11.8 Å². The van der Waals surface area contributed by atoms with Crippen LogP contribution < -0.4 is 5.32 Å². The van der Waals surface area contributed by atoms with Crippen LogP contribution in [0.4, 0.5) is 0 Å². The van der Waals surface area contributed by atoms with Gasteiger partial charge in [0.05, 0.1) is 5.75 Å². The lowest BCUT2D eigenvalue weighted by atomic mass is 9.97. The second-order valence-electron chi connectivity index (χ2n) is 6.87. The number of rotatable bonds is 8. The predicted molar refractivity (Wildman–Crippen MR) is 114 cm³/mol. The van der Waals surface area contributed by atoms with Crippen molar-refractivity contribution in [1.29, 1.82) is 0 Å². The van der Waals surface area contributed by atoms with Crippen molar-refractivity contribution in [2.45, 2.75) is 23.5 Å². The minimum absolute atomic E-state index is 0.0153. The van der Waals surface area contributed by atoms with Crippen LogP contribution in [0, 0.1) is 5.92 Å². The van der Waals surface area contributed by atoms with Gasteiger partial charge in [-0.1, -0.05) is 48.5 Å². The lowest BCUT2D eigenvalue weighted by Crippen LogP contribution is -2.43. The third-order valence-electron chi connectivity index (χ3n) is 4.82. The van der Waals surface area contributed by atoms with Crippen molar-refractivity contribution in [2.24, 2.45) is 5.92 Å². The van der Waals surface area contributed by atoms with Gasteiger partial charge in [0, 0.05) is 36.2 Å². The Bertz CT molecular complexity index is 850. The molecule has 1 amide bonds. The van der Waals surface area contributed by atoms with Crippen LogP contribution in [-0.4, -0.2) is 44.0 Å². The van der Waals surface area contributed by atoms with Crippen LogP contribution in [-0.2, 0) is 20.6 Å². The van der Waals surface area contributed by atoms with Crippen molar-refractivity contribution in [3.05, 3.63) is 66.2 Å². The fourth-order valence-corrected chi connectivity index (χ4v) is 5.63. The van der Waals surface area contributed by atoms with Gasteiger partial charge < -0.3 is 5.32 Å². The number of carbonyl (C=O) groups is 1. The Kier molecular flexibility index (Phi) is 7.53. The van der Waals surface area contributed by atoms with Gasteiger partial charge in [-0.3, -0.25) is 4.79 Å². The van der Waals surface area contributed by atoms with E-state index >= 15 is 0 Å². The van der Waals surface area contributed by atoms with E-state index in [2.05, 4.69) is 17.4 Å². The first-order chi connectivity index (χ1) is 13.5. The number of carbonyl (C=O) groups excluding carboxylic acids is 1. The van der Waals surface area contributed by atoms with E-state index in [9.17, 15) is 13.2 Å². The number of nitrogens with zero attached hydrogens (tertiary/aromatic N) is 1. The van der Waals surface area contributed by atoms with Crippen LogP contribution in [0.2, 0.25) is 0 Å². The molecule has 0 spiro atoms. The highest BCUT2D eigenvalue weighted by molar-refractivity contribution is 7.99. The van der Waals surface area contributed by atoms with E-state index in [-0.39, 0.29) is 17.6 Å². The van der Waals surface area contributed by atoms with Crippen molar-refractivity contribution in [2.75, 3.05) is 25.4 Å². The largest absolute Gasteiger partial charge is 0.355 e. The van der Waals surface area contributed by atoms with Crippen molar-refractivity contribution in [3.8, 4) is 0 Å². The lowest BCUT2D eigenvalue weighted by molar-refractivity contribution is -0.125. The molecule has 0 bridgehead atoms. The van der Waals surface area contributed by atoms with Crippen LogP contribution in [0.1, 0.15) is 18.4 Å². The average Bonchev–Trinajstić information content (AvgIpc) is 2.72. The number of thioether (sulfide) groups is 1. The molecule has 2 aromatic carbocycles. The summed E-state index contributed by atoms with van der Waals surface area (Å²) in [7, 11) is -3.34. The predicted octanol–water partition coefficient (Wildman–Crippen LogP) is 3.14. The zero-order valence-electron chi connectivity index (χ0n) is 15.8. The van der Waals surface area contributed by atoms with Crippen molar-refractivity contribution in [1.82, 2.24) is 9.62 Å². The highest BCUT2D eigenvalue weighted by Gasteiger charge is 2.30. The first-order valence-electron chi connectivity index (χ1n) is 9.52. The molecular weight excluding hydrogens is 392 g/mol. The zero-order chi connectivity index (χ0) is 19.8.